The Morgan fingerprint density at radius 1 is 1.86 bits per heavy atom. The Morgan fingerprint density at radius 2 is 2.43 bits per heavy atom. The van der Waals surface area contributed by atoms with Gasteiger partial charge in [-0.2, -0.15) is 0 Å². The zero-order chi connectivity index (χ0) is 5.70. The van der Waals surface area contributed by atoms with Crippen molar-refractivity contribution in [3.05, 3.63) is 11.8 Å². The van der Waals surface area contributed by atoms with Gasteiger partial charge in [-0.1, -0.05) is 0 Å². The molecule has 3 heteroatoms. The zero-order valence-corrected chi connectivity index (χ0v) is 6.21. The van der Waals surface area contributed by atoms with E-state index in [-0.39, 0.29) is 0 Å². The van der Waals surface area contributed by atoms with Gasteiger partial charge in [-0.25, -0.2) is 3.21 Å². The summed E-state index contributed by atoms with van der Waals surface area (Å²) in [6, 6.07) is 0. The highest BCUT2D eigenvalue weighted by atomic mass is 127. The summed E-state index contributed by atoms with van der Waals surface area (Å²) in [5.74, 6) is 0. The fraction of sp³-hybridized carbons (Fsp3) is 0.250. The Hall–Kier alpha value is -0.0600. The molecule has 0 heterocycles. The lowest BCUT2D eigenvalue weighted by molar-refractivity contribution is 1.49. The summed E-state index contributed by atoms with van der Waals surface area (Å²) >= 11 is 1.90. The van der Waals surface area contributed by atoms with Gasteiger partial charge in [0.15, 0.2) is 0 Å². The Kier molecular flexibility index (Phi) is 4.07. The first-order valence-electron chi connectivity index (χ1n) is 1.84. The number of nitrogens with two attached hydrogens (primary N) is 1. The van der Waals surface area contributed by atoms with Gasteiger partial charge >= 0.3 is 0 Å². The second kappa shape index (κ2) is 4.11. The van der Waals surface area contributed by atoms with Crippen LogP contribution in [0.1, 0.15) is 6.92 Å². The first-order valence-corrected chi connectivity index (χ1v) is 2.80. The van der Waals surface area contributed by atoms with Gasteiger partial charge in [0.2, 0.25) is 0 Å². The van der Waals surface area contributed by atoms with Crippen LogP contribution in [-0.4, -0.2) is 6.21 Å². The van der Waals surface area contributed by atoms with Crippen molar-refractivity contribution in [2.24, 2.45) is 8.94 Å². The maximum Gasteiger partial charge on any atom is 0.0831 e. The van der Waals surface area contributed by atoms with E-state index in [1.54, 1.807) is 6.21 Å². The first kappa shape index (κ1) is 6.94. The lowest BCUT2D eigenvalue weighted by Crippen LogP contribution is -1.83. The van der Waals surface area contributed by atoms with Crippen LogP contribution in [0, 0.1) is 0 Å². The molecular formula is C4H7IN2. The van der Waals surface area contributed by atoms with Crippen molar-refractivity contribution in [3.63, 3.8) is 0 Å². The molecule has 0 aliphatic heterocycles. The SMILES string of the molecule is C/C(C=NI)=C/N. The summed E-state index contributed by atoms with van der Waals surface area (Å²) in [6.07, 6.45) is 3.21. The van der Waals surface area contributed by atoms with Crippen molar-refractivity contribution in [1.82, 2.24) is 0 Å². The molecule has 0 radical (unpaired) electrons. The molecule has 0 saturated carbocycles. The summed E-state index contributed by atoms with van der Waals surface area (Å²) in [4.78, 5) is 0. The molecule has 2 nitrogen and oxygen atoms in total. The van der Waals surface area contributed by atoms with Crippen molar-refractivity contribution in [2.75, 3.05) is 0 Å². The molecule has 0 fully saturated rings. The Balaban J connectivity index is 3.58. The second-order valence-electron chi connectivity index (χ2n) is 1.14. The minimum atomic E-state index is 0.981. The molecular weight excluding hydrogens is 203 g/mol. The van der Waals surface area contributed by atoms with Gasteiger partial charge in [-0.15, -0.1) is 0 Å². The van der Waals surface area contributed by atoms with Gasteiger partial charge in [-0.3, -0.25) is 0 Å². The molecule has 0 bridgehead atoms. The second-order valence-corrected chi connectivity index (χ2v) is 1.69. The molecule has 0 aliphatic carbocycles. The maximum absolute atomic E-state index is 5.10. The molecule has 0 rings (SSSR count). The molecule has 0 aromatic rings. The van der Waals surface area contributed by atoms with Crippen molar-refractivity contribution < 1.29 is 0 Å². The summed E-state index contributed by atoms with van der Waals surface area (Å²) in [6.45, 7) is 1.89. The van der Waals surface area contributed by atoms with Gasteiger partial charge in [-0.05, 0) is 18.7 Å². The largest absolute Gasteiger partial charge is 0.404 e. The van der Waals surface area contributed by atoms with E-state index in [1.807, 2.05) is 29.8 Å². The molecule has 0 aromatic heterocycles. The van der Waals surface area contributed by atoms with Crippen LogP contribution in [0.3, 0.4) is 0 Å². The third-order valence-electron chi connectivity index (χ3n) is 0.515. The number of rotatable bonds is 1. The minimum Gasteiger partial charge on any atom is -0.404 e. The monoisotopic (exact) mass is 210 g/mol. The topological polar surface area (TPSA) is 38.4 Å². The van der Waals surface area contributed by atoms with Gasteiger partial charge in [0, 0.05) is 6.21 Å². The smallest absolute Gasteiger partial charge is 0.0831 e. The average Bonchev–Trinajstić information content (AvgIpc) is 1.68. The van der Waals surface area contributed by atoms with E-state index >= 15 is 0 Å². The normalized spacial score (nSPS) is 13.1. The average molecular weight is 210 g/mol. The third kappa shape index (κ3) is 3.78. The van der Waals surface area contributed by atoms with E-state index in [1.165, 1.54) is 6.20 Å². The van der Waals surface area contributed by atoms with Crippen LogP contribution in [-0.2, 0) is 0 Å². The van der Waals surface area contributed by atoms with Gasteiger partial charge in [0.1, 0.15) is 0 Å². The first-order chi connectivity index (χ1) is 3.31. The van der Waals surface area contributed by atoms with E-state index in [9.17, 15) is 0 Å². The molecule has 40 valence electrons. The molecule has 0 aromatic carbocycles. The van der Waals surface area contributed by atoms with Crippen molar-refractivity contribution in [2.45, 2.75) is 6.92 Å². The summed E-state index contributed by atoms with van der Waals surface area (Å²) < 4.78 is 3.70. The molecule has 0 unspecified atom stereocenters. The van der Waals surface area contributed by atoms with Crippen LogP contribution in [0.5, 0.6) is 0 Å². The number of halogens is 1. The van der Waals surface area contributed by atoms with E-state index in [2.05, 4.69) is 3.21 Å². The van der Waals surface area contributed by atoms with Gasteiger partial charge in [0.25, 0.3) is 0 Å². The number of allylic oxidation sites excluding steroid dienone is 1. The molecule has 0 atom stereocenters. The zero-order valence-electron chi connectivity index (χ0n) is 4.06. The number of nitrogens with zero attached hydrogens (tertiary/aromatic N) is 1. The molecule has 0 spiro atoms. The third-order valence-corrected chi connectivity index (χ3v) is 0.794. The molecule has 7 heavy (non-hydrogen) atoms. The Labute approximate surface area is 57.0 Å². The van der Waals surface area contributed by atoms with E-state index in [4.69, 9.17) is 5.73 Å². The summed E-state index contributed by atoms with van der Waals surface area (Å²) in [5.41, 5.74) is 6.08. The molecule has 0 amide bonds. The lowest BCUT2D eigenvalue weighted by atomic mass is 10.4. The van der Waals surface area contributed by atoms with E-state index < -0.39 is 0 Å². The fourth-order valence-electron chi connectivity index (χ4n) is 0.120. The minimum absolute atomic E-state index is 0.981. The van der Waals surface area contributed by atoms with Gasteiger partial charge < -0.3 is 5.73 Å². The maximum atomic E-state index is 5.10. The van der Waals surface area contributed by atoms with Crippen LogP contribution in [0.25, 0.3) is 0 Å². The number of hydrogen-bond acceptors (Lipinski definition) is 2. The van der Waals surface area contributed by atoms with E-state index in [0.29, 0.717) is 0 Å². The highest BCUT2D eigenvalue weighted by molar-refractivity contribution is 14.1. The van der Waals surface area contributed by atoms with Gasteiger partial charge in [0.05, 0.1) is 22.9 Å². The summed E-state index contributed by atoms with van der Waals surface area (Å²) in [7, 11) is 0. The van der Waals surface area contributed by atoms with Crippen LogP contribution in [0.4, 0.5) is 0 Å². The van der Waals surface area contributed by atoms with Crippen molar-refractivity contribution in [3.8, 4) is 0 Å². The van der Waals surface area contributed by atoms with Crippen molar-refractivity contribution in [1.29, 1.82) is 0 Å². The number of hydrogen-bond donors (Lipinski definition) is 1. The predicted molar refractivity (Wildman–Crippen MR) is 40.5 cm³/mol. The molecule has 0 aliphatic rings. The highest BCUT2D eigenvalue weighted by Gasteiger charge is 1.72. The lowest BCUT2D eigenvalue weighted by Gasteiger charge is -1.79. The molecule has 0 saturated heterocycles. The molecule has 2 N–H and O–H groups in total. The quantitative estimate of drug-likeness (QED) is 0.513. The van der Waals surface area contributed by atoms with Crippen LogP contribution >= 0.6 is 22.9 Å². The standard InChI is InChI=1S/C4H7IN2/c1-4(2-6)3-7-5/h2-3H,6H2,1H3/b4-2-,7-3?. The van der Waals surface area contributed by atoms with Crippen LogP contribution in [0.2, 0.25) is 0 Å². The fourth-order valence-corrected chi connectivity index (χ4v) is 0.559. The van der Waals surface area contributed by atoms with Crippen LogP contribution < -0.4 is 5.73 Å². The Bertz CT molecular complexity index is 95.9. The van der Waals surface area contributed by atoms with Crippen molar-refractivity contribution >= 4 is 29.1 Å². The van der Waals surface area contributed by atoms with E-state index in [0.717, 1.165) is 5.57 Å². The Morgan fingerprint density at radius 3 is 2.57 bits per heavy atom. The summed E-state index contributed by atoms with van der Waals surface area (Å²) in [5, 5.41) is 0. The highest BCUT2D eigenvalue weighted by Crippen LogP contribution is 1.86. The van der Waals surface area contributed by atoms with Crippen LogP contribution in [0.15, 0.2) is 15.0 Å². The predicted octanol–water partition coefficient (Wildman–Crippen LogP) is 1.27.